The molecule has 6 amide bonds. The van der Waals surface area contributed by atoms with E-state index >= 15 is 4.39 Å². The van der Waals surface area contributed by atoms with Gasteiger partial charge in [-0.15, -0.1) is 0 Å². The van der Waals surface area contributed by atoms with Gasteiger partial charge in [-0.3, -0.25) is 14.6 Å². The molecule has 13 rings (SSSR count). The molecule has 34 nitrogen and oxygen atoms in total. The van der Waals surface area contributed by atoms with Gasteiger partial charge in [0.2, 0.25) is 0 Å². The van der Waals surface area contributed by atoms with E-state index in [4.69, 9.17) is 66.3 Å². The normalized spacial score (nSPS) is 28.7. The van der Waals surface area contributed by atoms with Crippen LogP contribution in [0.4, 0.5) is 28.4 Å². The summed E-state index contributed by atoms with van der Waals surface area (Å²) < 4.78 is 105. The number of alkyl carbamates (subject to hydrolysis) is 3. The molecule has 1 saturated carbocycles. The largest absolute Gasteiger partial charge is 0.445 e. The smallest absolute Gasteiger partial charge is 0.412 e. The summed E-state index contributed by atoms with van der Waals surface area (Å²) in [4.78, 5) is 92.1. The Hall–Kier alpha value is -11.0. The maximum absolute atomic E-state index is 16.3. The average molecular weight is 1660 g/mol. The van der Waals surface area contributed by atoms with Crippen LogP contribution in [0.25, 0.3) is 10.4 Å². The fraction of sp³-hybridized carbons (Fsp3) is 0.435. The summed E-state index contributed by atoms with van der Waals surface area (Å²) in [6, 6.07) is 53.7. The molecule has 23 atom stereocenters. The van der Waals surface area contributed by atoms with Crippen LogP contribution in [0.15, 0.2) is 217 Å². The first-order valence-electron chi connectivity index (χ1n) is 39.5. The second-order valence-corrected chi connectivity index (χ2v) is 29.4. The molecule has 1 aliphatic carbocycles. The molecule has 35 heteroatoms. The SMILES string of the molecule is CCCCO[C@H](C(=O)N[C@@H]1C[C@H](NC(=O)OCc2ccccc2)[C@@H](O[C@H]2O[C@@H]3CN(C(=O)OCc4ccccc4)C(c4ccccc4)O[C@H]3[C@@H](O)[C@H]2NC(=O)OCc2ccccc2)C(O[C@@H]2O[C@H](CO)[C@@H](O[C@H]3O[C@H]4CN(C(=O)OCc5ccccc5)C(c5ccccc5)O[C@H]4[C@H](O)[C@H]3NC(=O)OCc3ccccc3)[C@H]2O)[C@H]1O)[C@H](F)CN=[N+]=[N-]. The van der Waals surface area contributed by atoms with Crippen LogP contribution in [0, 0.1) is 0 Å². The first-order valence-corrected chi connectivity index (χ1v) is 39.5. The van der Waals surface area contributed by atoms with Gasteiger partial charge in [0.25, 0.3) is 5.91 Å². The second-order valence-electron chi connectivity index (χ2n) is 29.4. The van der Waals surface area contributed by atoms with E-state index in [-0.39, 0.29) is 46.2 Å². The number of hydrogen-bond donors (Lipinski definition) is 9. The Morgan fingerprint density at radius 2 is 0.875 bits per heavy atom. The predicted octanol–water partition coefficient (Wildman–Crippen LogP) is 7.83. The third kappa shape index (κ3) is 22.2. The lowest BCUT2D eigenvalue weighted by Gasteiger charge is -2.52. The summed E-state index contributed by atoms with van der Waals surface area (Å²) in [5.41, 5.74) is 13.1. The summed E-state index contributed by atoms with van der Waals surface area (Å²) in [6.07, 6.45) is -38.8. The van der Waals surface area contributed by atoms with Crippen LogP contribution >= 0.6 is 0 Å². The number of carbonyl (C=O) groups is 6. The molecular weight excluding hydrogens is 1570 g/mol. The van der Waals surface area contributed by atoms with Crippen molar-refractivity contribution < 1.29 is 125 Å². The van der Waals surface area contributed by atoms with E-state index in [2.05, 4.69) is 31.3 Å². The minimum absolute atomic E-state index is 0.155. The Morgan fingerprint density at radius 1 is 0.483 bits per heavy atom. The maximum Gasteiger partial charge on any atom is 0.412 e. The highest BCUT2D eigenvalue weighted by Gasteiger charge is 2.60. The van der Waals surface area contributed by atoms with Crippen molar-refractivity contribution in [2.75, 3.05) is 32.8 Å². The number of alkyl halides is 1. The number of unbranched alkanes of at least 4 members (excludes halogenated alkanes) is 1. The van der Waals surface area contributed by atoms with Crippen molar-refractivity contribution in [2.24, 2.45) is 5.11 Å². The van der Waals surface area contributed by atoms with Gasteiger partial charge < -0.3 is 113 Å². The summed E-state index contributed by atoms with van der Waals surface area (Å²) in [5.74, 6) is -1.19. The molecule has 9 N–H and O–H groups in total. The Balaban J connectivity index is 0.860. The van der Waals surface area contributed by atoms with E-state index in [1.165, 1.54) is 9.80 Å². The van der Waals surface area contributed by atoms with Crippen LogP contribution in [-0.4, -0.2) is 233 Å². The summed E-state index contributed by atoms with van der Waals surface area (Å²) in [5, 5.41) is 77.4. The number of benzene rings is 7. The average Bonchev–Trinajstić information content (AvgIpc) is 1.06. The fourth-order valence-corrected chi connectivity index (χ4v) is 15.0. The zero-order valence-corrected chi connectivity index (χ0v) is 65.2. The summed E-state index contributed by atoms with van der Waals surface area (Å²) in [6.45, 7) is -2.20. The lowest BCUT2D eigenvalue weighted by molar-refractivity contribution is -0.335. The van der Waals surface area contributed by atoms with Gasteiger partial charge in [0.05, 0.1) is 38.3 Å². The van der Waals surface area contributed by atoms with Gasteiger partial charge in [-0.05, 0) is 46.2 Å². The Bertz CT molecular complexity index is 4480. The van der Waals surface area contributed by atoms with E-state index in [9.17, 15) is 59.8 Å². The molecule has 5 saturated heterocycles. The van der Waals surface area contributed by atoms with Gasteiger partial charge in [0.15, 0.2) is 37.4 Å². The van der Waals surface area contributed by atoms with Gasteiger partial charge in [-0.25, -0.2) is 28.4 Å². The minimum Gasteiger partial charge on any atom is -0.445 e. The highest BCUT2D eigenvalue weighted by Crippen LogP contribution is 2.42. The number of amides is 6. The zero-order valence-electron chi connectivity index (χ0n) is 65.2. The number of nitrogens with one attached hydrogen (secondary N) is 4. The van der Waals surface area contributed by atoms with Gasteiger partial charge in [-0.2, -0.15) is 0 Å². The molecule has 6 fully saturated rings. The molecular formula is C85H96FN9O25. The number of azide groups is 1. The van der Waals surface area contributed by atoms with Crippen molar-refractivity contribution in [3.8, 4) is 0 Å². The van der Waals surface area contributed by atoms with Crippen molar-refractivity contribution in [1.82, 2.24) is 31.1 Å². The van der Waals surface area contributed by atoms with Crippen molar-refractivity contribution >= 4 is 36.4 Å². The van der Waals surface area contributed by atoms with Crippen molar-refractivity contribution in [3.63, 3.8) is 0 Å². The molecule has 5 aliphatic heterocycles. The van der Waals surface area contributed by atoms with Crippen LogP contribution in [0.3, 0.4) is 0 Å². The monoisotopic (exact) mass is 1660 g/mol. The second kappa shape index (κ2) is 42.3. The van der Waals surface area contributed by atoms with Gasteiger partial charge >= 0.3 is 30.5 Å². The molecule has 638 valence electrons. The lowest BCUT2D eigenvalue weighted by Crippen LogP contribution is -2.72. The predicted molar refractivity (Wildman–Crippen MR) is 417 cm³/mol. The molecule has 3 unspecified atom stereocenters. The third-order valence-corrected chi connectivity index (χ3v) is 21.1. The number of aliphatic hydroxyl groups excluding tert-OH is 5. The molecule has 120 heavy (non-hydrogen) atoms. The number of hydrogen-bond acceptors (Lipinski definition) is 26. The minimum atomic E-state index is -2.28. The maximum atomic E-state index is 16.3. The van der Waals surface area contributed by atoms with Crippen LogP contribution in [-0.2, 0) is 104 Å². The number of fused-ring (bicyclic) bond motifs is 2. The number of carbonyl (C=O) groups excluding carboxylic acids is 6. The van der Waals surface area contributed by atoms with Crippen LogP contribution in [0.5, 0.6) is 0 Å². The molecule has 6 aliphatic rings. The standard InChI is InChI=1S/C85H96FN9O25/c1-2-3-39-107-69(57(86)41-88-93-87)75(101)89-58-40-59(90-81(102)108-45-50-25-11-4-12-26-50)70(118-78-63(91-82(103)109-46-51-27-13-5-14-28-51)66(98)71-60(113-78)42-94(76(116-71)55-35-21-9-22-36-55)84(105)111-48-53-31-17-7-18-32-53)74(65(58)97)120-80-68(100)73(62(44-96)115-80)119-79-64(92-83(104)110-47-52-29-15-6-16-30-52)67(99)72-61(114-79)43-95(77(117-72)56-37-23-10-24-38-56)85(106)112-49-54-33-19-8-20-34-54/h4-38,57-74,76-80,96-100H,2-3,39-49H2,1H3,(H,89,101)(H,90,102)(H,91,103)(H,92,104)/t57-,58-,59+,60-,61+,62-,63-,64-,65+,66+,67-,68-,69+,70-,71-,72-,73-,74?,76?,77?,78-,79-,80+/m1/s1. The van der Waals surface area contributed by atoms with Crippen LogP contribution in [0.2, 0.25) is 0 Å². The van der Waals surface area contributed by atoms with E-state index in [0.717, 1.165) is 0 Å². The topological polar surface area (TPSA) is 436 Å². The first-order chi connectivity index (χ1) is 58.4. The number of halogens is 1. The van der Waals surface area contributed by atoms with Crippen molar-refractivity contribution in [1.29, 1.82) is 0 Å². The number of rotatable bonds is 31. The zero-order chi connectivity index (χ0) is 84.0. The number of ether oxygens (including phenoxy) is 14. The molecule has 0 spiro atoms. The van der Waals surface area contributed by atoms with Crippen LogP contribution < -0.4 is 21.3 Å². The number of aliphatic hydroxyl groups is 5. The first kappa shape index (κ1) is 86.9. The quantitative estimate of drug-likeness (QED) is 0.00656. The van der Waals surface area contributed by atoms with Crippen LogP contribution in [0.1, 0.15) is 77.6 Å². The van der Waals surface area contributed by atoms with E-state index in [1.54, 1.807) is 212 Å². The molecule has 7 aromatic carbocycles. The van der Waals surface area contributed by atoms with Crippen molar-refractivity contribution in [3.05, 3.63) is 262 Å². The Labute approximate surface area is 689 Å². The Kier molecular flexibility index (Phi) is 30.6. The summed E-state index contributed by atoms with van der Waals surface area (Å²) in [7, 11) is 0. The van der Waals surface area contributed by atoms with E-state index < -0.39 is 204 Å². The fourth-order valence-electron chi connectivity index (χ4n) is 15.0. The third-order valence-electron chi connectivity index (χ3n) is 21.1. The van der Waals surface area contributed by atoms with E-state index in [1.807, 2.05) is 6.92 Å². The van der Waals surface area contributed by atoms with E-state index in [0.29, 0.717) is 51.8 Å². The highest BCUT2D eigenvalue weighted by molar-refractivity contribution is 5.82. The lowest BCUT2D eigenvalue weighted by atomic mass is 9.83. The summed E-state index contributed by atoms with van der Waals surface area (Å²) >= 11 is 0. The van der Waals surface area contributed by atoms with Gasteiger partial charge in [-0.1, -0.05) is 231 Å². The molecule has 0 aromatic heterocycles. The van der Waals surface area contributed by atoms with Gasteiger partial charge in [0.1, 0.15) is 125 Å². The Morgan fingerprint density at radius 3 is 1.28 bits per heavy atom. The molecule has 0 bridgehead atoms. The molecule has 7 aromatic rings. The van der Waals surface area contributed by atoms with Crippen molar-refractivity contribution in [2.45, 2.75) is 200 Å². The highest BCUT2D eigenvalue weighted by atomic mass is 19.1. The van der Waals surface area contributed by atoms with Gasteiger partial charge in [0, 0.05) is 22.6 Å². The molecule has 5 heterocycles. The molecule has 0 radical (unpaired) electrons. The number of nitrogens with zero attached hydrogens (tertiary/aromatic N) is 5.